The Labute approximate surface area is 176 Å². The third-order valence-electron chi connectivity index (χ3n) is 10.2. The second-order valence-corrected chi connectivity index (χ2v) is 11.0. The van der Waals surface area contributed by atoms with Crippen molar-refractivity contribution < 1.29 is 28.6 Å². The fourth-order valence-corrected chi connectivity index (χ4v) is 8.69. The van der Waals surface area contributed by atoms with Gasteiger partial charge >= 0.3 is 11.9 Å². The monoisotopic (exact) mass is 414 g/mol. The molecule has 3 saturated carbocycles. The number of hydrogen-bond donors (Lipinski definition) is 0. The second-order valence-electron chi connectivity index (χ2n) is 11.0. The van der Waals surface area contributed by atoms with E-state index in [1.54, 1.807) is 6.08 Å². The van der Waals surface area contributed by atoms with E-state index < -0.39 is 11.2 Å². The van der Waals surface area contributed by atoms with Gasteiger partial charge in [-0.2, -0.15) is 0 Å². The van der Waals surface area contributed by atoms with Crippen LogP contribution >= 0.6 is 0 Å². The summed E-state index contributed by atoms with van der Waals surface area (Å²) in [5.74, 6) is -0.201. The topological polar surface area (TPSA) is 82.2 Å². The number of fused-ring (bicyclic) bond motifs is 4. The minimum Gasteiger partial charge on any atom is -0.469 e. The van der Waals surface area contributed by atoms with Gasteiger partial charge in [0.15, 0.2) is 5.78 Å². The van der Waals surface area contributed by atoms with Gasteiger partial charge in [0.05, 0.1) is 19.1 Å². The molecular formula is C24H30O6. The van der Waals surface area contributed by atoms with Crippen molar-refractivity contribution in [2.75, 3.05) is 7.11 Å². The third kappa shape index (κ3) is 1.94. The van der Waals surface area contributed by atoms with Crippen LogP contribution in [0.2, 0.25) is 0 Å². The van der Waals surface area contributed by atoms with Crippen LogP contribution in [0.5, 0.6) is 0 Å². The average molecular weight is 414 g/mol. The Morgan fingerprint density at radius 1 is 1.17 bits per heavy atom. The molecular weight excluding hydrogens is 384 g/mol. The quantitative estimate of drug-likeness (QED) is 0.484. The number of epoxide rings is 1. The molecule has 2 aliphatic heterocycles. The third-order valence-corrected chi connectivity index (χ3v) is 10.2. The molecule has 2 heterocycles. The predicted octanol–water partition coefficient (Wildman–Crippen LogP) is 3.12. The Balaban J connectivity index is 1.49. The van der Waals surface area contributed by atoms with E-state index in [1.165, 1.54) is 7.11 Å². The summed E-state index contributed by atoms with van der Waals surface area (Å²) in [6.45, 7) is 4.51. The van der Waals surface area contributed by atoms with Gasteiger partial charge in [0.25, 0.3) is 0 Å². The number of methoxy groups -OCH3 is 1. The highest BCUT2D eigenvalue weighted by Gasteiger charge is 2.83. The zero-order chi connectivity index (χ0) is 21.1. The van der Waals surface area contributed by atoms with Gasteiger partial charge in [-0.1, -0.05) is 19.4 Å². The largest absolute Gasteiger partial charge is 0.469 e. The number of carbonyl (C=O) groups excluding carboxylic acids is 3. The number of ether oxygens (including phenoxy) is 3. The molecule has 5 fully saturated rings. The number of carbonyl (C=O) groups is 3. The molecule has 0 aromatic heterocycles. The highest BCUT2D eigenvalue weighted by atomic mass is 16.6. The first-order valence-corrected chi connectivity index (χ1v) is 11.4. The average Bonchev–Trinajstić information content (AvgIpc) is 3.20. The molecule has 4 aliphatic carbocycles. The molecule has 0 aromatic rings. The first-order chi connectivity index (χ1) is 14.2. The summed E-state index contributed by atoms with van der Waals surface area (Å²) >= 11 is 0. The van der Waals surface area contributed by atoms with Crippen molar-refractivity contribution in [1.82, 2.24) is 0 Å². The normalized spacial score (nSPS) is 53.2. The lowest BCUT2D eigenvalue weighted by atomic mass is 9.43. The number of hydrogen-bond acceptors (Lipinski definition) is 6. The van der Waals surface area contributed by atoms with Crippen molar-refractivity contribution in [2.45, 2.75) is 82.5 Å². The molecule has 0 N–H and O–H groups in total. The summed E-state index contributed by atoms with van der Waals surface area (Å²) in [5, 5.41) is 0. The summed E-state index contributed by atoms with van der Waals surface area (Å²) in [6, 6.07) is 0. The van der Waals surface area contributed by atoms with Crippen LogP contribution in [0.25, 0.3) is 0 Å². The summed E-state index contributed by atoms with van der Waals surface area (Å²) in [4.78, 5) is 37.4. The van der Waals surface area contributed by atoms with Crippen LogP contribution in [0.1, 0.15) is 65.2 Å². The summed E-state index contributed by atoms with van der Waals surface area (Å²) in [5.41, 5.74) is -0.175. The van der Waals surface area contributed by atoms with Gasteiger partial charge in [0, 0.05) is 29.6 Å². The highest BCUT2D eigenvalue weighted by molar-refractivity contribution is 5.92. The maximum Gasteiger partial charge on any atom is 0.309 e. The molecule has 0 amide bonds. The maximum atomic E-state index is 13.0. The van der Waals surface area contributed by atoms with E-state index in [9.17, 15) is 14.4 Å². The van der Waals surface area contributed by atoms with Crippen LogP contribution in [0.15, 0.2) is 11.6 Å². The molecule has 162 valence electrons. The van der Waals surface area contributed by atoms with Gasteiger partial charge in [-0.05, 0) is 50.5 Å². The van der Waals surface area contributed by atoms with Crippen LogP contribution in [-0.2, 0) is 28.6 Å². The fraction of sp³-hybridized carbons (Fsp3) is 0.792. The van der Waals surface area contributed by atoms with Gasteiger partial charge in [-0.25, -0.2) is 0 Å². The fourth-order valence-electron chi connectivity index (χ4n) is 8.69. The molecule has 0 aromatic carbocycles. The lowest BCUT2D eigenvalue weighted by Crippen LogP contribution is -2.63. The van der Waals surface area contributed by atoms with Gasteiger partial charge in [0.2, 0.25) is 0 Å². The first kappa shape index (κ1) is 19.0. The number of ketones is 1. The van der Waals surface area contributed by atoms with E-state index >= 15 is 0 Å². The Morgan fingerprint density at radius 2 is 1.97 bits per heavy atom. The minimum atomic E-state index is -0.424. The van der Waals surface area contributed by atoms with E-state index in [-0.39, 0.29) is 52.4 Å². The van der Waals surface area contributed by atoms with Crippen LogP contribution in [0.3, 0.4) is 0 Å². The molecule has 0 bridgehead atoms. The van der Waals surface area contributed by atoms with Crippen molar-refractivity contribution in [2.24, 2.45) is 28.6 Å². The number of rotatable bonds is 1. The lowest BCUT2D eigenvalue weighted by molar-refractivity contribution is -0.172. The van der Waals surface area contributed by atoms with Crippen LogP contribution in [-0.4, -0.2) is 42.1 Å². The number of esters is 2. The van der Waals surface area contributed by atoms with E-state index in [1.807, 2.05) is 0 Å². The van der Waals surface area contributed by atoms with Gasteiger partial charge in [-0.3, -0.25) is 14.4 Å². The molecule has 0 radical (unpaired) electrons. The van der Waals surface area contributed by atoms with Crippen molar-refractivity contribution in [3.05, 3.63) is 11.6 Å². The molecule has 1 unspecified atom stereocenters. The molecule has 6 nitrogen and oxygen atoms in total. The molecule has 2 spiro atoms. The van der Waals surface area contributed by atoms with Crippen molar-refractivity contribution in [1.29, 1.82) is 0 Å². The Kier molecular flexibility index (Phi) is 3.53. The Morgan fingerprint density at radius 3 is 2.67 bits per heavy atom. The molecule has 6 rings (SSSR count). The zero-order valence-corrected chi connectivity index (χ0v) is 18.0. The van der Waals surface area contributed by atoms with E-state index in [2.05, 4.69) is 13.8 Å². The Hall–Kier alpha value is -1.69. The highest BCUT2D eigenvalue weighted by Crippen LogP contribution is 2.78. The lowest BCUT2D eigenvalue weighted by Gasteiger charge is -2.58. The SMILES string of the molecule is COC(=O)[C@@H]1CC2=CC(=O)CC[C@]2(C)[C@@]23O[C@@H]2C[C@@]2(C)[C@@H](CCC24CCC(=O)O4)[C@H]13. The summed E-state index contributed by atoms with van der Waals surface area (Å²) in [6.07, 6.45) is 7.61. The van der Waals surface area contributed by atoms with E-state index in [4.69, 9.17) is 14.2 Å². The summed E-state index contributed by atoms with van der Waals surface area (Å²) < 4.78 is 17.9. The molecule has 6 aliphatic rings. The second kappa shape index (κ2) is 5.56. The first-order valence-electron chi connectivity index (χ1n) is 11.4. The molecule has 6 heteroatoms. The minimum absolute atomic E-state index is 0.0303. The maximum absolute atomic E-state index is 13.0. The van der Waals surface area contributed by atoms with Crippen LogP contribution in [0, 0.1) is 28.6 Å². The zero-order valence-electron chi connectivity index (χ0n) is 18.0. The standard InChI is InChI=1S/C24H30O6/c1-21-7-4-14(25)10-13(21)11-15(20(27)28-3)19-16-5-8-23(9-6-18(26)30-23)22(16,2)12-17-24(19,21)29-17/h10,15-17,19H,4-9,11-12H2,1-3H3/t15-,16+,17-,19+,21+,22+,23?,24-/m1/s1. The van der Waals surface area contributed by atoms with Crippen molar-refractivity contribution in [3.8, 4) is 0 Å². The van der Waals surface area contributed by atoms with Crippen LogP contribution in [0.4, 0.5) is 0 Å². The molecule has 30 heavy (non-hydrogen) atoms. The van der Waals surface area contributed by atoms with Crippen molar-refractivity contribution >= 4 is 17.7 Å². The van der Waals surface area contributed by atoms with Gasteiger partial charge in [0.1, 0.15) is 11.2 Å². The molecule has 8 atom stereocenters. The van der Waals surface area contributed by atoms with Gasteiger partial charge in [-0.15, -0.1) is 0 Å². The van der Waals surface area contributed by atoms with Crippen molar-refractivity contribution in [3.63, 3.8) is 0 Å². The summed E-state index contributed by atoms with van der Waals surface area (Å²) in [7, 11) is 1.45. The Bertz CT molecular complexity index is 907. The van der Waals surface area contributed by atoms with E-state index in [0.717, 1.165) is 37.7 Å². The predicted molar refractivity (Wildman–Crippen MR) is 105 cm³/mol. The van der Waals surface area contributed by atoms with Crippen LogP contribution < -0.4 is 0 Å². The smallest absolute Gasteiger partial charge is 0.309 e. The van der Waals surface area contributed by atoms with E-state index in [0.29, 0.717) is 19.3 Å². The molecule has 2 saturated heterocycles. The van der Waals surface area contributed by atoms with Gasteiger partial charge < -0.3 is 14.2 Å².